The first-order valence-electron chi connectivity index (χ1n) is 4.43. The zero-order valence-corrected chi connectivity index (χ0v) is 9.44. The summed E-state index contributed by atoms with van der Waals surface area (Å²) < 4.78 is 41.3. The Morgan fingerprint density at radius 2 is 1.87 bits per heavy atom. The van der Waals surface area contributed by atoms with Crippen molar-refractivity contribution >= 4 is 15.9 Å². The summed E-state index contributed by atoms with van der Waals surface area (Å²) in [5.74, 6) is 0.569. The van der Waals surface area contributed by atoms with E-state index in [9.17, 15) is 13.2 Å². The summed E-state index contributed by atoms with van der Waals surface area (Å²) in [6.45, 7) is 0.0716. The maximum Gasteiger partial charge on any atom is 0.389 e. The Kier molecular flexibility index (Phi) is 4.45. The van der Waals surface area contributed by atoms with Crippen LogP contribution in [0.25, 0.3) is 0 Å². The third-order valence-corrected chi connectivity index (χ3v) is 2.35. The van der Waals surface area contributed by atoms with E-state index >= 15 is 0 Å². The molecule has 0 amide bonds. The predicted molar refractivity (Wildman–Crippen MR) is 54.9 cm³/mol. The summed E-state index contributed by atoms with van der Waals surface area (Å²) in [7, 11) is 0. The van der Waals surface area contributed by atoms with Crippen molar-refractivity contribution in [1.82, 2.24) is 0 Å². The molecule has 1 nitrogen and oxygen atoms in total. The Morgan fingerprint density at radius 3 is 2.47 bits per heavy atom. The lowest BCUT2D eigenvalue weighted by Crippen LogP contribution is -2.09. The van der Waals surface area contributed by atoms with Gasteiger partial charge in [-0.25, -0.2) is 0 Å². The van der Waals surface area contributed by atoms with Gasteiger partial charge in [-0.3, -0.25) is 0 Å². The Labute approximate surface area is 94.4 Å². The van der Waals surface area contributed by atoms with E-state index in [0.717, 1.165) is 4.47 Å². The van der Waals surface area contributed by atoms with Gasteiger partial charge in [0.15, 0.2) is 0 Å². The number of hydrogen-bond donors (Lipinski definition) is 0. The number of hydrogen-bond acceptors (Lipinski definition) is 1. The van der Waals surface area contributed by atoms with Crippen LogP contribution >= 0.6 is 15.9 Å². The number of ether oxygens (including phenoxy) is 1. The summed E-state index contributed by atoms with van der Waals surface area (Å²) in [5.41, 5.74) is 0. The van der Waals surface area contributed by atoms with Gasteiger partial charge in [-0.15, -0.1) is 0 Å². The minimum absolute atomic E-state index is 0.0230. The third-order valence-electron chi connectivity index (χ3n) is 1.70. The zero-order chi connectivity index (χ0) is 11.3. The molecule has 0 spiro atoms. The summed E-state index contributed by atoms with van der Waals surface area (Å²) in [4.78, 5) is 0. The quantitative estimate of drug-likeness (QED) is 0.753. The van der Waals surface area contributed by atoms with Crippen molar-refractivity contribution in [2.75, 3.05) is 6.61 Å². The highest BCUT2D eigenvalue weighted by atomic mass is 79.9. The van der Waals surface area contributed by atoms with Crippen molar-refractivity contribution in [1.29, 1.82) is 0 Å². The van der Waals surface area contributed by atoms with Crippen LogP contribution in [0.5, 0.6) is 5.75 Å². The number of alkyl halides is 3. The van der Waals surface area contributed by atoms with Crippen molar-refractivity contribution < 1.29 is 17.9 Å². The lowest BCUT2D eigenvalue weighted by atomic mass is 10.3. The standard InChI is InChI=1S/C10H10BrF3O/c11-8-4-1-2-5-9(8)15-7-3-6-10(12,13)14/h1-2,4-5H,3,6-7H2. The average Bonchev–Trinajstić information content (AvgIpc) is 2.13. The molecule has 0 bridgehead atoms. The molecule has 0 radical (unpaired) electrons. The minimum atomic E-state index is -4.10. The fraction of sp³-hybridized carbons (Fsp3) is 0.400. The highest BCUT2D eigenvalue weighted by molar-refractivity contribution is 9.10. The second-order valence-electron chi connectivity index (χ2n) is 3.00. The monoisotopic (exact) mass is 282 g/mol. The Morgan fingerprint density at radius 1 is 1.20 bits per heavy atom. The molecule has 0 aromatic heterocycles. The molecule has 84 valence electrons. The Balaban J connectivity index is 2.30. The van der Waals surface area contributed by atoms with Gasteiger partial charge in [-0.05, 0) is 34.5 Å². The van der Waals surface area contributed by atoms with Gasteiger partial charge in [0.2, 0.25) is 0 Å². The molecule has 0 aliphatic heterocycles. The SMILES string of the molecule is FC(F)(F)CCCOc1ccccc1Br. The van der Waals surface area contributed by atoms with Crippen LogP contribution in [-0.4, -0.2) is 12.8 Å². The lowest BCUT2D eigenvalue weighted by molar-refractivity contribution is -0.136. The molecule has 0 N–H and O–H groups in total. The van der Waals surface area contributed by atoms with E-state index < -0.39 is 12.6 Å². The average molecular weight is 283 g/mol. The molecule has 0 aliphatic rings. The Hall–Kier alpha value is -0.710. The fourth-order valence-electron chi connectivity index (χ4n) is 1.02. The Bertz CT molecular complexity index is 312. The van der Waals surface area contributed by atoms with E-state index in [2.05, 4.69) is 15.9 Å². The van der Waals surface area contributed by atoms with Crippen molar-refractivity contribution in [3.8, 4) is 5.75 Å². The maximum absolute atomic E-state index is 11.8. The third kappa shape index (κ3) is 5.06. The van der Waals surface area contributed by atoms with E-state index in [4.69, 9.17) is 4.74 Å². The van der Waals surface area contributed by atoms with Crippen LogP contribution in [0.3, 0.4) is 0 Å². The molecule has 0 fully saturated rings. The van der Waals surface area contributed by atoms with Crippen LogP contribution in [0.4, 0.5) is 13.2 Å². The van der Waals surface area contributed by atoms with Crippen molar-refractivity contribution in [2.45, 2.75) is 19.0 Å². The molecular weight excluding hydrogens is 273 g/mol. The van der Waals surface area contributed by atoms with Gasteiger partial charge < -0.3 is 4.74 Å². The van der Waals surface area contributed by atoms with E-state index in [-0.39, 0.29) is 13.0 Å². The fourth-order valence-corrected chi connectivity index (χ4v) is 1.42. The number of para-hydroxylation sites is 1. The summed E-state index contributed by atoms with van der Waals surface area (Å²) in [5, 5.41) is 0. The van der Waals surface area contributed by atoms with E-state index in [1.54, 1.807) is 18.2 Å². The van der Waals surface area contributed by atoms with Crippen LogP contribution in [0, 0.1) is 0 Å². The van der Waals surface area contributed by atoms with Crippen molar-refractivity contribution in [3.63, 3.8) is 0 Å². The molecule has 0 heterocycles. The number of benzene rings is 1. The molecule has 0 atom stereocenters. The van der Waals surface area contributed by atoms with Gasteiger partial charge in [0.1, 0.15) is 5.75 Å². The van der Waals surface area contributed by atoms with Crippen LogP contribution < -0.4 is 4.74 Å². The van der Waals surface area contributed by atoms with Gasteiger partial charge in [-0.1, -0.05) is 12.1 Å². The molecule has 15 heavy (non-hydrogen) atoms. The highest BCUT2D eigenvalue weighted by Crippen LogP contribution is 2.25. The summed E-state index contributed by atoms with van der Waals surface area (Å²) in [6, 6.07) is 7.06. The predicted octanol–water partition coefficient (Wildman–Crippen LogP) is 4.17. The zero-order valence-electron chi connectivity index (χ0n) is 7.85. The first-order valence-corrected chi connectivity index (χ1v) is 5.22. The van der Waals surface area contributed by atoms with Gasteiger partial charge in [0, 0.05) is 6.42 Å². The molecule has 1 rings (SSSR count). The summed E-state index contributed by atoms with van der Waals surface area (Å²) >= 11 is 3.24. The summed E-state index contributed by atoms with van der Waals surface area (Å²) in [6.07, 6.45) is -4.93. The maximum atomic E-state index is 11.8. The van der Waals surface area contributed by atoms with Crippen molar-refractivity contribution in [3.05, 3.63) is 28.7 Å². The molecule has 1 aromatic carbocycles. The molecule has 0 aliphatic carbocycles. The van der Waals surface area contributed by atoms with Crippen LogP contribution in [0.2, 0.25) is 0 Å². The smallest absolute Gasteiger partial charge is 0.389 e. The molecule has 0 saturated heterocycles. The molecule has 1 aromatic rings. The van der Waals surface area contributed by atoms with Gasteiger partial charge in [0.05, 0.1) is 11.1 Å². The largest absolute Gasteiger partial charge is 0.492 e. The first kappa shape index (κ1) is 12.4. The lowest BCUT2D eigenvalue weighted by Gasteiger charge is -2.09. The van der Waals surface area contributed by atoms with Gasteiger partial charge in [-0.2, -0.15) is 13.2 Å². The van der Waals surface area contributed by atoms with Gasteiger partial charge >= 0.3 is 6.18 Å². The molecule has 0 unspecified atom stereocenters. The number of rotatable bonds is 4. The van der Waals surface area contributed by atoms with Crippen LogP contribution in [0.15, 0.2) is 28.7 Å². The van der Waals surface area contributed by atoms with E-state index in [0.29, 0.717) is 5.75 Å². The van der Waals surface area contributed by atoms with Crippen LogP contribution in [-0.2, 0) is 0 Å². The van der Waals surface area contributed by atoms with Crippen LogP contribution in [0.1, 0.15) is 12.8 Å². The van der Waals surface area contributed by atoms with Crippen molar-refractivity contribution in [2.24, 2.45) is 0 Å². The normalized spacial score (nSPS) is 11.5. The number of halogens is 4. The second kappa shape index (κ2) is 5.39. The second-order valence-corrected chi connectivity index (χ2v) is 3.85. The first-order chi connectivity index (χ1) is 6.99. The highest BCUT2D eigenvalue weighted by Gasteiger charge is 2.26. The van der Waals surface area contributed by atoms with E-state index in [1.165, 1.54) is 0 Å². The van der Waals surface area contributed by atoms with Gasteiger partial charge in [0.25, 0.3) is 0 Å². The minimum Gasteiger partial charge on any atom is -0.492 e. The molecule has 0 saturated carbocycles. The van der Waals surface area contributed by atoms with E-state index in [1.807, 2.05) is 6.07 Å². The molecular formula is C10H10BrF3O. The molecule has 5 heteroatoms. The topological polar surface area (TPSA) is 9.23 Å².